The molecule has 2 bridgehead atoms. The zero-order valence-corrected chi connectivity index (χ0v) is 11.8. The number of amides is 1. The lowest BCUT2D eigenvalue weighted by atomic mass is 9.86. The van der Waals surface area contributed by atoms with Gasteiger partial charge in [-0.15, -0.1) is 0 Å². The van der Waals surface area contributed by atoms with Crippen molar-refractivity contribution in [1.29, 1.82) is 0 Å². The number of carbonyl (C=O) groups excluding carboxylic acids is 1. The summed E-state index contributed by atoms with van der Waals surface area (Å²) in [4.78, 5) is 11.5. The summed E-state index contributed by atoms with van der Waals surface area (Å²) < 4.78 is 0. The van der Waals surface area contributed by atoms with Crippen LogP contribution in [-0.2, 0) is 17.6 Å². The number of benzene rings is 1. The van der Waals surface area contributed by atoms with Gasteiger partial charge in [0.25, 0.3) is 0 Å². The number of hydrogen-bond donors (Lipinski definition) is 2. The van der Waals surface area contributed by atoms with Gasteiger partial charge in [-0.05, 0) is 61.6 Å². The van der Waals surface area contributed by atoms with Gasteiger partial charge in [-0.25, -0.2) is 0 Å². The van der Waals surface area contributed by atoms with Crippen molar-refractivity contribution < 1.29 is 4.79 Å². The minimum absolute atomic E-state index is 0.162. The summed E-state index contributed by atoms with van der Waals surface area (Å²) in [6, 6.07) is 8.20. The maximum Gasteiger partial charge on any atom is 0.224 e. The summed E-state index contributed by atoms with van der Waals surface area (Å²) in [6.07, 6.45) is 8.05. The van der Waals surface area contributed by atoms with E-state index >= 15 is 0 Å². The van der Waals surface area contributed by atoms with Crippen molar-refractivity contribution in [1.82, 2.24) is 5.32 Å². The summed E-state index contributed by atoms with van der Waals surface area (Å²) >= 11 is 0. The van der Waals surface area contributed by atoms with E-state index in [1.165, 1.54) is 36.8 Å². The molecule has 3 heteroatoms. The number of fused-ring (bicyclic) bond motifs is 3. The first-order chi connectivity index (χ1) is 9.76. The molecule has 0 spiro atoms. The van der Waals surface area contributed by atoms with Gasteiger partial charge >= 0.3 is 0 Å². The van der Waals surface area contributed by atoms with E-state index < -0.39 is 0 Å². The van der Waals surface area contributed by atoms with Crippen LogP contribution in [0.2, 0.25) is 0 Å². The van der Waals surface area contributed by atoms with Gasteiger partial charge in [-0.3, -0.25) is 4.79 Å². The Kier molecular flexibility index (Phi) is 3.03. The zero-order valence-electron chi connectivity index (χ0n) is 11.8. The average molecular weight is 270 g/mol. The van der Waals surface area contributed by atoms with E-state index in [4.69, 9.17) is 0 Å². The van der Waals surface area contributed by atoms with Crippen LogP contribution in [0.5, 0.6) is 0 Å². The summed E-state index contributed by atoms with van der Waals surface area (Å²) in [7, 11) is 0. The van der Waals surface area contributed by atoms with E-state index in [0.717, 1.165) is 36.5 Å². The van der Waals surface area contributed by atoms with Crippen molar-refractivity contribution >= 4 is 11.6 Å². The number of nitrogens with one attached hydrogen (secondary N) is 2. The highest BCUT2D eigenvalue weighted by Gasteiger charge is 2.33. The van der Waals surface area contributed by atoms with Crippen LogP contribution < -0.4 is 10.6 Å². The molecule has 1 aromatic rings. The molecule has 4 rings (SSSR count). The summed E-state index contributed by atoms with van der Waals surface area (Å²) in [5.41, 5.74) is 3.73. The van der Waals surface area contributed by atoms with Gasteiger partial charge in [0.1, 0.15) is 0 Å². The first-order valence-corrected chi connectivity index (χ1v) is 7.94. The fraction of sp³-hybridized carbons (Fsp3) is 0.588. The molecule has 3 aliphatic heterocycles. The molecule has 20 heavy (non-hydrogen) atoms. The fourth-order valence-corrected chi connectivity index (χ4v) is 4.22. The topological polar surface area (TPSA) is 41.1 Å². The zero-order chi connectivity index (χ0) is 13.5. The Balaban J connectivity index is 1.49. The smallest absolute Gasteiger partial charge is 0.224 e. The van der Waals surface area contributed by atoms with Crippen molar-refractivity contribution in [2.75, 3.05) is 5.32 Å². The van der Waals surface area contributed by atoms with E-state index in [2.05, 4.69) is 28.8 Å². The van der Waals surface area contributed by atoms with Crippen LogP contribution in [0.15, 0.2) is 18.2 Å². The number of anilines is 1. The highest BCUT2D eigenvalue weighted by atomic mass is 16.1. The van der Waals surface area contributed by atoms with Crippen LogP contribution in [0.4, 0.5) is 5.69 Å². The third-order valence-electron chi connectivity index (χ3n) is 5.16. The molecule has 0 saturated carbocycles. The van der Waals surface area contributed by atoms with Crippen LogP contribution in [0, 0.1) is 5.92 Å². The standard InChI is InChI=1S/C17H22N2O/c20-17-6-3-13-2-1-11(10-16(13)19-17)7-12-8-14-4-5-15(9-12)18-14/h1-2,10,12,14-15,18H,3-9H2,(H,19,20). The Morgan fingerprint density at radius 3 is 2.70 bits per heavy atom. The van der Waals surface area contributed by atoms with Crippen molar-refractivity contribution in [3.63, 3.8) is 0 Å². The van der Waals surface area contributed by atoms with Crippen molar-refractivity contribution in [3.05, 3.63) is 29.3 Å². The molecule has 2 saturated heterocycles. The quantitative estimate of drug-likeness (QED) is 0.867. The summed E-state index contributed by atoms with van der Waals surface area (Å²) in [5, 5.41) is 6.72. The molecule has 0 aliphatic carbocycles. The summed E-state index contributed by atoms with van der Waals surface area (Å²) in [5.74, 6) is 0.973. The molecule has 3 aliphatic rings. The molecule has 3 heterocycles. The SMILES string of the molecule is O=C1CCc2ccc(CC3CC4CCC(C3)N4)cc2N1. The molecule has 2 N–H and O–H groups in total. The highest BCUT2D eigenvalue weighted by molar-refractivity contribution is 5.93. The monoisotopic (exact) mass is 270 g/mol. The normalized spacial score (nSPS) is 31.8. The van der Waals surface area contributed by atoms with Crippen LogP contribution >= 0.6 is 0 Å². The fourth-order valence-electron chi connectivity index (χ4n) is 4.22. The van der Waals surface area contributed by atoms with Gasteiger partial charge in [-0.1, -0.05) is 12.1 Å². The molecule has 1 amide bonds. The molecular weight excluding hydrogens is 248 g/mol. The van der Waals surface area contributed by atoms with Gasteiger partial charge < -0.3 is 10.6 Å². The van der Waals surface area contributed by atoms with Crippen molar-refractivity contribution in [3.8, 4) is 0 Å². The Labute approximate surface area is 120 Å². The predicted molar refractivity (Wildman–Crippen MR) is 79.8 cm³/mol. The van der Waals surface area contributed by atoms with E-state index in [1.807, 2.05) is 0 Å². The third kappa shape index (κ3) is 2.35. The van der Waals surface area contributed by atoms with E-state index in [0.29, 0.717) is 6.42 Å². The average Bonchev–Trinajstić information content (AvgIpc) is 2.77. The largest absolute Gasteiger partial charge is 0.326 e. The molecule has 0 aromatic heterocycles. The Morgan fingerprint density at radius 1 is 1.10 bits per heavy atom. The van der Waals surface area contributed by atoms with Gasteiger partial charge in [0.05, 0.1) is 0 Å². The molecule has 106 valence electrons. The third-order valence-corrected chi connectivity index (χ3v) is 5.16. The van der Waals surface area contributed by atoms with Crippen LogP contribution in [-0.4, -0.2) is 18.0 Å². The molecular formula is C17H22N2O. The second-order valence-corrected chi connectivity index (χ2v) is 6.72. The number of carbonyl (C=O) groups is 1. The molecule has 2 atom stereocenters. The van der Waals surface area contributed by atoms with Gasteiger partial charge in [0.2, 0.25) is 5.91 Å². The van der Waals surface area contributed by atoms with Crippen LogP contribution in [0.3, 0.4) is 0 Å². The van der Waals surface area contributed by atoms with Gasteiger partial charge in [0.15, 0.2) is 0 Å². The Hall–Kier alpha value is -1.35. The van der Waals surface area contributed by atoms with Crippen molar-refractivity contribution in [2.45, 2.75) is 57.0 Å². The van der Waals surface area contributed by atoms with Crippen molar-refractivity contribution in [2.24, 2.45) is 5.92 Å². The van der Waals surface area contributed by atoms with E-state index in [9.17, 15) is 4.79 Å². The number of aryl methyl sites for hydroxylation is 1. The first kappa shape index (κ1) is 12.4. The van der Waals surface area contributed by atoms with Gasteiger partial charge in [0, 0.05) is 24.2 Å². The number of piperidine rings is 1. The predicted octanol–water partition coefficient (Wildman–Crippen LogP) is 2.64. The second-order valence-electron chi connectivity index (χ2n) is 6.72. The lowest BCUT2D eigenvalue weighted by Gasteiger charge is -2.29. The van der Waals surface area contributed by atoms with E-state index in [-0.39, 0.29) is 5.91 Å². The molecule has 2 fully saturated rings. The summed E-state index contributed by atoms with van der Waals surface area (Å²) in [6.45, 7) is 0. The maximum atomic E-state index is 11.5. The second kappa shape index (κ2) is 4.88. The molecule has 3 nitrogen and oxygen atoms in total. The minimum Gasteiger partial charge on any atom is -0.326 e. The first-order valence-electron chi connectivity index (χ1n) is 7.94. The lowest BCUT2D eigenvalue weighted by molar-refractivity contribution is -0.116. The number of hydrogen-bond acceptors (Lipinski definition) is 2. The lowest BCUT2D eigenvalue weighted by Crippen LogP contribution is -2.38. The molecule has 2 unspecified atom stereocenters. The number of rotatable bonds is 2. The molecule has 1 aromatic carbocycles. The Bertz CT molecular complexity index is 528. The molecule has 0 radical (unpaired) electrons. The highest BCUT2D eigenvalue weighted by Crippen LogP contribution is 2.33. The Morgan fingerprint density at radius 2 is 1.90 bits per heavy atom. The maximum absolute atomic E-state index is 11.5. The minimum atomic E-state index is 0.162. The van der Waals surface area contributed by atoms with Gasteiger partial charge in [-0.2, -0.15) is 0 Å². The van der Waals surface area contributed by atoms with Crippen LogP contribution in [0.25, 0.3) is 0 Å². The van der Waals surface area contributed by atoms with E-state index in [1.54, 1.807) is 0 Å². The van der Waals surface area contributed by atoms with Crippen LogP contribution in [0.1, 0.15) is 43.2 Å².